The number of piperidine rings is 1. The van der Waals surface area contributed by atoms with E-state index >= 15 is 0 Å². The van der Waals surface area contributed by atoms with Gasteiger partial charge in [0, 0.05) is 0 Å². The smallest absolute Gasteiger partial charge is 0.406 e. The van der Waals surface area contributed by atoms with Gasteiger partial charge in [0.15, 0.2) is 0 Å². The van der Waals surface area contributed by atoms with Crippen LogP contribution < -0.4 is 10.1 Å². The van der Waals surface area contributed by atoms with Crippen LogP contribution in [-0.2, 0) is 0 Å². The molecule has 2 atom stereocenters. The van der Waals surface area contributed by atoms with Crippen LogP contribution in [0.1, 0.15) is 30.4 Å². The molecule has 0 saturated carbocycles. The number of rotatable bonds is 2. The maximum Gasteiger partial charge on any atom is 0.573 e. The van der Waals surface area contributed by atoms with E-state index in [1.54, 1.807) is 13.0 Å². The highest BCUT2D eigenvalue weighted by molar-refractivity contribution is 5.38. The predicted molar refractivity (Wildman–Crippen MR) is 67.3 cm³/mol. The maximum absolute atomic E-state index is 12.2. The van der Waals surface area contributed by atoms with Crippen molar-refractivity contribution in [3.8, 4) is 5.75 Å². The summed E-state index contributed by atoms with van der Waals surface area (Å²) in [6.45, 7) is 5.71. The van der Waals surface area contributed by atoms with E-state index in [0.29, 0.717) is 17.4 Å². The van der Waals surface area contributed by atoms with Crippen LogP contribution in [0.3, 0.4) is 0 Å². The lowest BCUT2D eigenvalue weighted by molar-refractivity contribution is -0.274. The molecule has 1 N–H and O–H groups in total. The highest BCUT2D eigenvalue weighted by atomic mass is 19.4. The number of nitrogens with one attached hydrogen (secondary N) is 1. The number of alkyl halides is 3. The number of hydrogen-bond donors (Lipinski definition) is 1. The van der Waals surface area contributed by atoms with Crippen molar-refractivity contribution in [1.82, 2.24) is 5.32 Å². The number of hydrogen-bond acceptors (Lipinski definition) is 2. The fourth-order valence-electron chi connectivity index (χ4n) is 2.65. The molecule has 1 heterocycles. The van der Waals surface area contributed by atoms with E-state index in [1.165, 1.54) is 6.07 Å². The number of ether oxygens (including phenoxy) is 1. The second-order valence-electron chi connectivity index (χ2n) is 5.15. The highest BCUT2D eigenvalue weighted by Gasteiger charge is 2.32. The van der Waals surface area contributed by atoms with Crippen molar-refractivity contribution in [2.75, 3.05) is 13.1 Å². The van der Waals surface area contributed by atoms with Gasteiger partial charge >= 0.3 is 6.36 Å². The van der Waals surface area contributed by atoms with E-state index in [4.69, 9.17) is 0 Å². The monoisotopic (exact) mass is 273 g/mol. The van der Waals surface area contributed by atoms with Crippen LogP contribution in [-0.4, -0.2) is 19.5 Å². The van der Waals surface area contributed by atoms with Crippen LogP contribution in [0.5, 0.6) is 5.75 Å². The Hall–Kier alpha value is -1.23. The lowest BCUT2D eigenvalue weighted by Crippen LogP contribution is -2.33. The van der Waals surface area contributed by atoms with Gasteiger partial charge in [0.05, 0.1) is 0 Å². The Kier molecular flexibility index (Phi) is 4.04. The molecule has 0 radical (unpaired) electrons. The first-order valence-corrected chi connectivity index (χ1v) is 6.44. The molecular formula is C14H18F3NO. The zero-order valence-electron chi connectivity index (χ0n) is 11.1. The third kappa shape index (κ3) is 3.62. The molecule has 0 aromatic heterocycles. The van der Waals surface area contributed by atoms with Crippen molar-refractivity contribution in [2.45, 2.75) is 32.5 Å². The molecule has 1 aromatic rings. The molecule has 0 bridgehead atoms. The summed E-state index contributed by atoms with van der Waals surface area (Å²) in [6, 6.07) is 4.99. The van der Waals surface area contributed by atoms with Gasteiger partial charge in [-0.2, -0.15) is 0 Å². The van der Waals surface area contributed by atoms with Gasteiger partial charge in [0.25, 0.3) is 0 Å². The van der Waals surface area contributed by atoms with Gasteiger partial charge in [-0.1, -0.05) is 19.1 Å². The Balaban J connectivity index is 2.18. The number of aryl methyl sites for hydroxylation is 1. The first-order chi connectivity index (χ1) is 8.87. The Labute approximate surface area is 111 Å². The molecule has 1 aromatic carbocycles. The molecule has 106 valence electrons. The minimum atomic E-state index is -4.63. The Bertz CT molecular complexity index is 445. The molecule has 1 aliphatic heterocycles. The fraction of sp³-hybridized carbons (Fsp3) is 0.571. The Morgan fingerprint density at radius 3 is 2.63 bits per heavy atom. The second kappa shape index (κ2) is 5.41. The van der Waals surface area contributed by atoms with Crippen molar-refractivity contribution in [2.24, 2.45) is 5.92 Å². The van der Waals surface area contributed by atoms with Crippen molar-refractivity contribution < 1.29 is 17.9 Å². The van der Waals surface area contributed by atoms with Gasteiger partial charge in [-0.3, -0.25) is 0 Å². The van der Waals surface area contributed by atoms with Gasteiger partial charge in [0.1, 0.15) is 5.75 Å². The first-order valence-electron chi connectivity index (χ1n) is 6.44. The Morgan fingerprint density at radius 2 is 2.05 bits per heavy atom. The van der Waals surface area contributed by atoms with E-state index < -0.39 is 6.36 Å². The quantitative estimate of drug-likeness (QED) is 0.888. The second-order valence-corrected chi connectivity index (χ2v) is 5.15. The molecule has 0 aliphatic carbocycles. The van der Waals surface area contributed by atoms with Crippen LogP contribution in [0.2, 0.25) is 0 Å². The summed E-state index contributed by atoms with van der Waals surface area (Å²) in [5.41, 5.74) is 1.63. The van der Waals surface area contributed by atoms with Crippen LogP contribution in [0.15, 0.2) is 18.2 Å². The molecule has 0 amide bonds. The molecule has 0 unspecified atom stereocenters. The molecule has 5 heteroatoms. The minimum absolute atomic E-state index is 0.113. The molecular weight excluding hydrogens is 255 g/mol. The van der Waals surface area contributed by atoms with E-state index in [2.05, 4.69) is 17.0 Å². The van der Waals surface area contributed by atoms with Crippen LogP contribution in [0.4, 0.5) is 13.2 Å². The van der Waals surface area contributed by atoms with Gasteiger partial charge in [-0.15, -0.1) is 13.2 Å². The van der Waals surface area contributed by atoms with Crippen LogP contribution >= 0.6 is 0 Å². The van der Waals surface area contributed by atoms with Crippen molar-refractivity contribution >= 4 is 0 Å². The van der Waals surface area contributed by atoms with Crippen molar-refractivity contribution in [1.29, 1.82) is 0 Å². The van der Waals surface area contributed by atoms with Gasteiger partial charge in [-0.25, -0.2) is 0 Å². The third-order valence-corrected chi connectivity index (χ3v) is 3.64. The summed E-state index contributed by atoms with van der Waals surface area (Å²) in [6.07, 6.45) is -3.62. The van der Waals surface area contributed by atoms with E-state index in [-0.39, 0.29) is 5.75 Å². The number of halogens is 3. The molecule has 19 heavy (non-hydrogen) atoms. The van der Waals surface area contributed by atoms with E-state index in [9.17, 15) is 13.2 Å². The highest BCUT2D eigenvalue weighted by Crippen LogP contribution is 2.34. The predicted octanol–water partition coefficient (Wildman–Crippen LogP) is 3.61. The molecule has 0 spiro atoms. The molecule has 1 aliphatic rings. The number of benzene rings is 1. The SMILES string of the molecule is Cc1cc([C@@H]2CCNC[C@@H]2C)ccc1OC(F)(F)F. The maximum atomic E-state index is 12.2. The largest absolute Gasteiger partial charge is 0.573 e. The average molecular weight is 273 g/mol. The summed E-state index contributed by atoms with van der Waals surface area (Å²) >= 11 is 0. The zero-order valence-corrected chi connectivity index (χ0v) is 11.1. The standard InChI is InChI=1S/C14H18F3NO/c1-9-7-11(12-5-6-18-8-10(12)2)3-4-13(9)19-14(15,16)17/h3-4,7,10,12,18H,5-6,8H2,1-2H3/t10-,12+/m0/s1. The minimum Gasteiger partial charge on any atom is -0.406 e. The molecule has 2 nitrogen and oxygen atoms in total. The summed E-state index contributed by atoms with van der Waals surface area (Å²) < 4.78 is 40.6. The molecule has 1 fully saturated rings. The lowest BCUT2D eigenvalue weighted by Gasteiger charge is -2.30. The average Bonchev–Trinajstić information content (AvgIpc) is 2.31. The van der Waals surface area contributed by atoms with Crippen molar-refractivity contribution in [3.63, 3.8) is 0 Å². The van der Waals surface area contributed by atoms with Crippen LogP contribution in [0, 0.1) is 12.8 Å². The van der Waals surface area contributed by atoms with E-state index in [0.717, 1.165) is 25.1 Å². The van der Waals surface area contributed by atoms with Gasteiger partial charge in [0.2, 0.25) is 0 Å². The van der Waals surface area contributed by atoms with Crippen LogP contribution in [0.25, 0.3) is 0 Å². The summed E-state index contributed by atoms with van der Waals surface area (Å²) in [5.74, 6) is 0.778. The zero-order chi connectivity index (χ0) is 14.0. The molecule has 1 saturated heterocycles. The normalized spacial score (nSPS) is 24.3. The summed E-state index contributed by atoms with van der Waals surface area (Å²) in [4.78, 5) is 0. The fourth-order valence-corrected chi connectivity index (χ4v) is 2.65. The van der Waals surface area contributed by atoms with Gasteiger partial charge < -0.3 is 10.1 Å². The van der Waals surface area contributed by atoms with Crippen molar-refractivity contribution in [3.05, 3.63) is 29.3 Å². The molecule has 2 rings (SSSR count). The first kappa shape index (κ1) is 14.2. The van der Waals surface area contributed by atoms with Gasteiger partial charge in [-0.05, 0) is 55.5 Å². The Morgan fingerprint density at radius 1 is 1.32 bits per heavy atom. The topological polar surface area (TPSA) is 21.3 Å². The van der Waals surface area contributed by atoms with E-state index in [1.807, 2.05) is 6.07 Å². The summed E-state index contributed by atoms with van der Waals surface area (Å²) in [5, 5.41) is 3.32. The summed E-state index contributed by atoms with van der Waals surface area (Å²) in [7, 11) is 0. The lowest BCUT2D eigenvalue weighted by atomic mass is 9.82. The third-order valence-electron chi connectivity index (χ3n) is 3.64.